The number of hydrogen-bond donors (Lipinski definition) is 0. The van der Waals surface area contributed by atoms with Gasteiger partial charge in [0.25, 0.3) is 0 Å². The fourth-order valence-electron chi connectivity index (χ4n) is 3.95. The summed E-state index contributed by atoms with van der Waals surface area (Å²) in [5, 5.41) is 0. The van der Waals surface area contributed by atoms with Crippen LogP contribution in [0.1, 0.15) is 18.0 Å². The number of amides is 1. The molecule has 1 atom stereocenters. The van der Waals surface area contributed by atoms with Crippen LogP contribution in [0.3, 0.4) is 0 Å². The van der Waals surface area contributed by atoms with Crippen LogP contribution in [0.5, 0.6) is 5.75 Å². The van der Waals surface area contributed by atoms with E-state index >= 15 is 0 Å². The molecule has 5 heteroatoms. The van der Waals surface area contributed by atoms with Crippen molar-refractivity contribution in [2.45, 2.75) is 12.5 Å². The Morgan fingerprint density at radius 3 is 2.34 bits per heavy atom. The molecule has 0 aliphatic carbocycles. The first kappa shape index (κ1) is 19.1. The van der Waals surface area contributed by atoms with Gasteiger partial charge in [0.05, 0.1) is 19.6 Å². The number of nitrogens with zero attached hydrogens (tertiary/aromatic N) is 3. The molecule has 1 aliphatic rings. The van der Waals surface area contributed by atoms with Crippen LogP contribution < -0.4 is 9.64 Å². The summed E-state index contributed by atoms with van der Waals surface area (Å²) in [4.78, 5) is 17.5. The summed E-state index contributed by atoms with van der Waals surface area (Å²) in [7, 11) is 1.67. The standard InChI is InChI=1S/C24H27N3O2/c1-29-22-11-7-8-20(18-22)23(26-12-5-6-13-26)19-24(28)27-16-14-25(15-17-27)21-9-3-2-4-10-21/h2-13,18,23H,14-17,19H2,1H3. The topological polar surface area (TPSA) is 37.7 Å². The van der Waals surface area contributed by atoms with Crippen molar-refractivity contribution in [1.29, 1.82) is 0 Å². The van der Waals surface area contributed by atoms with Crippen molar-refractivity contribution in [2.75, 3.05) is 38.2 Å². The maximum atomic E-state index is 13.1. The van der Waals surface area contributed by atoms with E-state index in [9.17, 15) is 4.79 Å². The maximum absolute atomic E-state index is 13.1. The van der Waals surface area contributed by atoms with Crippen molar-refractivity contribution in [3.8, 4) is 5.75 Å². The van der Waals surface area contributed by atoms with Crippen molar-refractivity contribution in [2.24, 2.45) is 0 Å². The highest BCUT2D eigenvalue weighted by Gasteiger charge is 2.25. The average Bonchev–Trinajstić information content (AvgIpc) is 3.32. The highest BCUT2D eigenvalue weighted by Crippen LogP contribution is 2.27. The van der Waals surface area contributed by atoms with Crippen molar-refractivity contribution >= 4 is 11.6 Å². The van der Waals surface area contributed by atoms with E-state index < -0.39 is 0 Å². The van der Waals surface area contributed by atoms with E-state index in [0.717, 1.165) is 37.5 Å². The largest absolute Gasteiger partial charge is 0.497 e. The molecule has 0 spiro atoms. The van der Waals surface area contributed by atoms with Gasteiger partial charge in [-0.3, -0.25) is 4.79 Å². The molecule has 4 rings (SSSR count). The Morgan fingerprint density at radius 2 is 1.66 bits per heavy atom. The number of piperazine rings is 1. The third-order valence-corrected chi connectivity index (χ3v) is 5.59. The van der Waals surface area contributed by atoms with E-state index in [1.54, 1.807) is 7.11 Å². The maximum Gasteiger partial charge on any atom is 0.225 e. The Hall–Kier alpha value is -3.21. The van der Waals surface area contributed by atoms with Crippen LogP contribution >= 0.6 is 0 Å². The molecule has 1 aromatic heterocycles. The first-order valence-corrected chi connectivity index (χ1v) is 10.1. The summed E-state index contributed by atoms with van der Waals surface area (Å²) in [6, 6.07) is 22.3. The Bertz CT molecular complexity index is 916. The molecule has 1 fully saturated rings. The molecule has 1 amide bonds. The summed E-state index contributed by atoms with van der Waals surface area (Å²) >= 11 is 0. The second-order valence-electron chi connectivity index (χ2n) is 7.33. The molecule has 3 aromatic rings. The van der Waals surface area contributed by atoms with Gasteiger partial charge < -0.3 is 19.1 Å². The SMILES string of the molecule is COc1cccc(C(CC(=O)N2CCN(c3ccccc3)CC2)n2cccc2)c1. The molecule has 1 saturated heterocycles. The minimum atomic E-state index is -0.0419. The van der Waals surface area contributed by atoms with Crippen molar-refractivity contribution in [3.63, 3.8) is 0 Å². The number of benzene rings is 2. The zero-order valence-electron chi connectivity index (χ0n) is 16.8. The van der Waals surface area contributed by atoms with Gasteiger partial charge in [-0.15, -0.1) is 0 Å². The molecule has 1 unspecified atom stereocenters. The molecule has 0 radical (unpaired) electrons. The molecule has 2 aromatic carbocycles. The molecule has 5 nitrogen and oxygen atoms in total. The molecule has 0 saturated carbocycles. The van der Waals surface area contributed by atoms with E-state index in [4.69, 9.17) is 4.74 Å². The monoisotopic (exact) mass is 389 g/mol. The van der Waals surface area contributed by atoms with Crippen LogP contribution in [0.4, 0.5) is 5.69 Å². The van der Waals surface area contributed by atoms with E-state index in [1.165, 1.54) is 5.69 Å². The first-order chi connectivity index (χ1) is 14.2. The third-order valence-electron chi connectivity index (χ3n) is 5.59. The van der Waals surface area contributed by atoms with E-state index in [0.29, 0.717) is 6.42 Å². The smallest absolute Gasteiger partial charge is 0.225 e. The van der Waals surface area contributed by atoms with Gasteiger partial charge in [-0.2, -0.15) is 0 Å². The summed E-state index contributed by atoms with van der Waals surface area (Å²) in [6.45, 7) is 3.24. The van der Waals surface area contributed by atoms with Crippen LogP contribution in [0.25, 0.3) is 0 Å². The summed E-state index contributed by atoms with van der Waals surface area (Å²) in [5.74, 6) is 1.00. The molecule has 0 N–H and O–H groups in total. The predicted molar refractivity (Wildman–Crippen MR) is 115 cm³/mol. The van der Waals surface area contributed by atoms with Gasteiger partial charge in [0.2, 0.25) is 5.91 Å². The summed E-state index contributed by atoms with van der Waals surface area (Å²) < 4.78 is 7.49. The summed E-state index contributed by atoms with van der Waals surface area (Å²) in [5.41, 5.74) is 2.30. The lowest BCUT2D eigenvalue weighted by Gasteiger charge is -2.36. The third kappa shape index (κ3) is 4.45. The van der Waals surface area contributed by atoms with Gasteiger partial charge in [0.15, 0.2) is 0 Å². The number of methoxy groups -OCH3 is 1. The number of anilines is 1. The quantitative estimate of drug-likeness (QED) is 0.643. The van der Waals surface area contributed by atoms with Crippen molar-refractivity contribution in [1.82, 2.24) is 9.47 Å². The predicted octanol–water partition coefficient (Wildman–Crippen LogP) is 3.83. The Balaban J connectivity index is 1.45. The number of carbonyl (C=O) groups is 1. The summed E-state index contributed by atoms with van der Waals surface area (Å²) in [6.07, 6.45) is 4.47. The van der Waals surface area contributed by atoms with E-state index in [1.807, 2.05) is 53.7 Å². The molecular weight excluding hydrogens is 362 g/mol. The Kier molecular flexibility index (Phi) is 5.84. The van der Waals surface area contributed by atoms with Crippen molar-refractivity contribution < 1.29 is 9.53 Å². The first-order valence-electron chi connectivity index (χ1n) is 10.1. The van der Waals surface area contributed by atoms with E-state index in [-0.39, 0.29) is 11.9 Å². The molecule has 0 bridgehead atoms. The fraction of sp³-hybridized carbons (Fsp3) is 0.292. The number of carbonyl (C=O) groups excluding carboxylic acids is 1. The Labute approximate surface area is 172 Å². The van der Waals surface area contributed by atoms with Crippen LogP contribution in [0.2, 0.25) is 0 Å². The zero-order chi connectivity index (χ0) is 20.1. The second-order valence-corrected chi connectivity index (χ2v) is 7.33. The van der Waals surface area contributed by atoms with Gasteiger partial charge in [-0.1, -0.05) is 30.3 Å². The second kappa shape index (κ2) is 8.86. The van der Waals surface area contributed by atoms with Gasteiger partial charge >= 0.3 is 0 Å². The van der Waals surface area contributed by atoms with Gasteiger partial charge in [-0.05, 0) is 42.0 Å². The lowest BCUT2D eigenvalue weighted by atomic mass is 10.0. The van der Waals surface area contributed by atoms with Gasteiger partial charge in [0.1, 0.15) is 5.75 Å². The Morgan fingerprint density at radius 1 is 0.931 bits per heavy atom. The zero-order valence-corrected chi connectivity index (χ0v) is 16.8. The molecule has 150 valence electrons. The average molecular weight is 389 g/mol. The minimum absolute atomic E-state index is 0.0419. The molecular formula is C24H27N3O2. The van der Waals surface area contributed by atoms with Crippen LogP contribution in [-0.2, 0) is 4.79 Å². The fourth-order valence-corrected chi connectivity index (χ4v) is 3.95. The number of ether oxygens (including phenoxy) is 1. The number of rotatable bonds is 6. The van der Waals surface area contributed by atoms with Crippen LogP contribution in [-0.4, -0.2) is 48.7 Å². The minimum Gasteiger partial charge on any atom is -0.497 e. The number of hydrogen-bond acceptors (Lipinski definition) is 3. The van der Waals surface area contributed by atoms with Crippen LogP contribution in [0, 0.1) is 0 Å². The molecule has 2 heterocycles. The lowest BCUT2D eigenvalue weighted by molar-refractivity contribution is -0.132. The van der Waals surface area contributed by atoms with Gasteiger partial charge in [0, 0.05) is 44.3 Å². The molecule has 1 aliphatic heterocycles. The normalized spacial score (nSPS) is 15.2. The van der Waals surface area contributed by atoms with Crippen molar-refractivity contribution in [3.05, 3.63) is 84.7 Å². The van der Waals surface area contributed by atoms with Gasteiger partial charge in [-0.25, -0.2) is 0 Å². The van der Waals surface area contributed by atoms with Crippen LogP contribution in [0.15, 0.2) is 79.1 Å². The number of para-hydroxylation sites is 1. The highest BCUT2D eigenvalue weighted by molar-refractivity contribution is 5.77. The highest BCUT2D eigenvalue weighted by atomic mass is 16.5. The molecule has 29 heavy (non-hydrogen) atoms. The number of aromatic nitrogens is 1. The van der Waals surface area contributed by atoms with E-state index in [2.05, 4.69) is 39.8 Å². The lowest BCUT2D eigenvalue weighted by Crippen LogP contribution is -2.49.